The smallest absolute Gasteiger partial charge is 0.338 e. The second kappa shape index (κ2) is 15.9. The molecule has 2 unspecified atom stereocenters. The minimum atomic E-state index is -2.17. The van der Waals surface area contributed by atoms with Gasteiger partial charge in [0.1, 0.15) is 18.0 Å². The number of hydrogen-bond acceptors (Lipinski definition) is 9. The molecule has 13 nitrogen and oxygen atoms in total. The molecule has 0 bridgehead atoms. The predicted octanol–water partition coefficient (Wildman–Crippen LogP) is 7.20. The van der Waals surface area contributed by atoms with Crippen LogP contribution >= 0.6 is 0 Å². The minimum Gasteiger partial charge on any atom is -0.459 e. The molecule has 0 radical (unpaired) electrons. The van der Waals surface area contributed by atoms with E-state index in [1.165, 1.54) is 18.2 Å². The van der Waals surface area contributed by atoms with Crippen molar-refractivity contribution in [3.8, 4) is 5.75 Å². The van der Waals surface area contributed by atoms with Gasteiger partial charge >= 0.3 is 23.2 Å². The topological polar surface area (TPSA) is 166 Å². The number of ether oxygens (including phenoxy) is 2. The average Bonchev–Trinajstić information content (AvgIpc) is 3.72. The maximum atomic E-state index is 13.5. The summed E-state index contributed by atoms with van der Waals surface area (Å²) in [7, 11) is 0. The lowest BCUT2D eigenvalue weighted by atomic mass is 9.93. The third kappa shape index (κ3) is 9.01. The van der Waals surface area contributed by atoms with E-state index in [0.717, 1.165) is 69.9 Å². The van der Waals surface area contributed by atoms with Crippen molar-refractivity contribution >= 4 is 40.4 Å². The van der Waals surface area contributed by atoms with Crippen LogP contribution in [0.4, 0.5) is 5.69 Å². The van der Waals surface area contributed by atoms with E-state index < -0.39 is 29.2 Å². The number of benzene rings is 2. The van der Waals surface area contributed by atoms with Crippen LogP contribution in [0.15, 0.2) is 42.5 Å². The van der Waals surface area contributed by atoms with Gasteiger partial charge in [0.25, 0.3) is 5.91 Å². The van der Waals surface area contributed by atoms with Crippen molar-refractivity contribution in [3.05, 3.63) is 76.2 Å². The van der Waals surface area contributed by atoms with E-state index in [9.17, 15) is 18.6 Å². The Bertz CT molecular complexity index is 1900. The highest BCUT2D eigenvalue weighted by atomic mass is 32.2. The molecule has 2 fully saturated rings. The van der Waals surface area contributed by atoms with E-state index in [-0.39, 0.29) is 40.4 Å². The number of carbonyl (C=O) groups excluding carboxylic acids is 3. The number of fused-ring (bicyclic) bond motifs is 1. The standard InChI is InChI=1S/C38H48N6O7S/c1-23-16-17-27(21-31(23)35(45)39-24(2)34-41-40-33-22-32(38(3,4)5)42-44(33)34)43-52(48)51-30-19-25(36(46)49-28-12-8-6-9-13-28)18-26(20-30)37(47)50-29-14-10-7-11-15-29/h16-22,24,28-29,42-43H,6-15H2,1-5H3,(H,39,45). The highest BCUT2D eigenvalue weighted by molar-refractivity contribution is 7.81. The Morgan fingerprint density at radius 3 is 2.04 bits per heavy atom. The van der Waals surface area contributed by atoms with Crippen molar-refractivity contribution in [2.24, 2.45) is 0 Å². The lowest BCUT2D eigenvalue weighted by Gasteiger charge is -2.23. The number of aromatic amines is 1. The number of amides is 1. The van der Waals surface area contributed by atoms with E-state index in [2.05, 4.69) is 46.1 Å². The van der Waals surface area contributed by atoms with Gasteiger partial charge in [-0.1, -0.05) is 39.7 Å². The highest BCUT2D eigenvalue weighted by Crippen LogP contribution is 2.28. The SMILES string of the molecule is Cc1ccc(NS(=O)Oc2cc(C(=O)OC3CCCCC3)cc(C(=O)OC3CCCCC3)c2)cc1C(=O)NC(C)c1nnc2cc(C(C)(C)C)[nH]n12. The van der Waals surface area contributed by atoms with Crippen LogP contribution in [-0.2, 0) is 26.2 Å². The zero-order chi connectivity index (χ0) is 37.0. The largest absolute Gasteiger partial charge is 0.459 e. The molecule has 4 aromatic rings. The Hall–Kier alpha value is -4.72. The fourth-order valence-electron chi connectivity index (χ4n) is 6.62. The first-order valence-electron chi connectivity index (χ1n) is 18.1. The number of aromatic nitrogens is 4. The molecule has 0 aliphatic heterocycles. The number of carbonyl (C=O) groups is 3. The molecule has 1 amide bonds. The number of H-pyrrole nitrogens is 1. The van der Waals surface area contributed by atoms with E-state index in [4.69, 9.17) is 13.7 Å². The molecule has 14 heteroatoms. The van der Waals surface area contributed by atoms with Gasteiger partial charge < -0.3 is 19.0 Å². The predicted molar refractivity (Wildman–Crippen MR) is 197 cm³/mol. The summed E-state index contributed by atoms with van der Waals surface area (Å²) in [5.41, 5.74) is 3.16. The van der Waals surface area contributed by atoms with Crippen LogP contribution < -0.4 is 14.2 Å². The number of nitrogens with zero attached hydrogens (tertiary/aromatic N) is 3. The third-order valence-corrected chi connectivity index (χ3v) is 10.4. The van der Waals surface area contributed by atoms with E-state index in [0.29, 0.717) is 28.3 Å². The molecular formula is C38H48N6O7S. The van der Waals surface area contributed by atoms with Gasteiger partial charge in [-0.3, -0.25) is 14.6 Å². The number of aryl methyl sites for hydroxylation is 1. The van der Waals surface area contributed by atoms with Crippen LogP contribution in [0.5, 0.6) is 5.75 Å². The summed E-state index contributed by atoms with van der Waals surface area (Å²) in [4.78, 5) is 39.9. The van der Waals surface area contributed by atoms with Gasteiger partial charge in [0.2, 0.25) is 0 Å². The summed E-state index contributed by atoms with van der Waals surface area (Å²) < 4.78 is 35.1. The summed E-state index contributed by atoms with van der Waals surface area (Å²) in [5.74, 6) is -0.942. The lowest BCUT2D eigenvalue weighted by molar-refractivity contribution is 0.0209. The second-order valence-electron chi connectivity index (χ2n) is 14.9. The molecule has 2 aliphatic carbocycles. The summed E-state index contributed by atoms with van der Waals surface area (Å²) >= 11 is -2.17. The molecule has 2 heterocycles. The quantitative estimate of drug-likeness (QED) is 0.135. The van der Waals surface area contributed by atoms with Crippen molar-refractivity contribution in [1.82, 2.24) is 25.1 Å². The van der Waals surface area contributed by atoms with Crippen LogP contribution in [0.2, 0.25) is 0 Å². The molecule has 3 N–H and O–H groups in total. The van der Waals surface area contributed by atoms with Gasteiger partial charge in [0.15, 0.2) is 11.5 Å². The number of hydrogen-bond donors (Lipinski definition) is 3. The highest BCUT2D eigenvalue weighted by Gasteiger charge is 2.25. The van der Waals surface area contributed by atoms with Gasteiger partial charge in [-0.2, -0.15) is 4.21 Å². The van der Waals surface area contributed by atoms with Gasteiger partial charge in [-0.05, 0) is 101 Å². The van der Waals surface area contributed by atoms with Crippen molar-refractivity contribution in [2.45, 2.75) is 122 Å². The van der Waals surface area contributed by atoms with Crippen molar-refractivity contribution in [2.75, 3.05) is 4.72 Å². The molecule has 2 aromatic carbocycles. The van der Waals surface area contributed by atoms with Gasteiger partial charge in [0, 0.05) is 22.7 Å². The van der Waals surface area contributed by atoms with Gasteiger partial charge in [0.05, 0.1) is 22.9 Å². The normalized spacial score (nSPS) is 16.9. The average molecular weight is 733 g/mol. The molecule has 278 valence electrons. The number of nitrogens with one attached hydrogen (secondary N) is 3. The first-order chi connectivity index (χ1) is 24.8. The van der Waals surface area contributed by atoms with Crippen LogP contribution in [0.3, 0.4) is 0 Å². The molecule has 2 saturated carbocycles. The maximum absolute atomic E-state index is 13.5. The molecular weight excluding hydrogens is 685 g/mol. The lowest BCUT2D eigenvalue weighted by Crippen LogP contribution is -2.29. The third-order valence-electron chi connectivity index (χ3n) is 9.65. The Kier molecular flexibility index (Phi) is 11.3. The maximum Gasteiger partial charge on any atom is 0.338 e. The molecule has 2 atom stereocenters. The summed E-state index contributed by atoms with van der Waals surface area (Å²) in [6.45, 7) is 9.91. The first kappa shape index (κ1) is 37.1. The van der Waals surface area contributed by atoms with E-state index in [1.54, 1.807) is 29.6 Å². The summed E-state index contributed by atoms with van der Waals surface area (Å²) in [6.07, 6.45) is 8.95. The van der Waals surface area contributed by atoms with Crippen LogP contribution in [0, 0.1) is 6.92 Å². The molecule has 2 aliphatic rings. The molecule has 6 rings (SSSR count). The van der Waals surface area contributed by atoms with E-state index in [1.807, 2.05) is 13.0 Å². The molecule has 0 saturated heterocycles. The van der Waals surface area contributed by atoms with Crippen molar-refractivity contribution < 1.29 is 32.2 Å². The van der Waals surface area contributed by atoms with Crippen molar-refractivity contribution in [1.29, 1.82) is 0 Å². The molecule has 0 spiro atoms. The van der Waals surface area contributed by atoms with Crippen LogP contribution in [0.25, 0.3) is 5.65 Å². The summed E-state index contributed by atoms with van der Waals surface area (Å²) in [6, 6.07) is 10.7. The van der Waals surface area contributed by atoms with Gasteiger partial charge in [-0.25, -0.2) is 14.1 Å². The Balaban J connectivity index is 1.15. The number of rotatable bonds is 11. The first-order valence-corrected chi connectivity index (χ1v) is 19.2. The Morgan fingerprint density at radius 2 is 1.46 bits per heavy atom. The fourth-order valence-corrected chi connectivity index (χ4v) is 7.26. The Labute approximate surface area is 306 Å². The van der Waals surface area contributed by atoms with Gasteiger partial charge in [-0.15, -0.1) is 10.2 Å². The van der Waals surface area contributed by atoms with Crippen molar-refractivity contribution in [3.63, 3.8) is 0 Å². The molecule has 52 heavy (non-hydrogen) atoms. The summed E-state index contributed by atoms with van der Waals surface area (Å²) in [5, 5.41) is 14.8. The monoisotopic (exact) mass is 732 g/mol. The van der Waals surface area contributed by atoms with E-state index >= 15 is 0 Å². The number of esters is 2. The molecule has 2 aromatic heterocycles. The van der Waals surface area contributed by atoms with Crippen LogP contribution in [-0.4, -0.2) is 54.1 Å². The minimum absolute atomic E-state index is 0.0250. The Morgan fingerprint density at radius 1 is 0.865 bits per heavy atom. The zero-order valence-corrected chi connectivity index (χ0v) is 31.3. The van der Waals surface area contributed by atoms with Crippen LogP contribution in [0.1, 0.15) is 146 Å². The fraction of sp³-hybridized carbons (Fsp3) is 0.500. The second-order valence-corrected chi connectivity index (χ2v) is 15.7. The zero-order valence-electron chi connectivity index (χ0n) is 30.5. The number of anilines is 1.